The van der Waals surface area contributed by atoms with Gasteiger partial charge in [0.1, 0.15) is 5.75 Å². The molecule has 1 heterocycles. The predicted octanol–water partition coefficient (Wildman–Crippen LogP) is 5.40. The van der Waals surface area contributed by atoms with Crippen molar-refractivity contribution in [1.29, 1.82) is 0 Å². The molecule has 0 amide bonds. The van der Waals surface area contributed by atoms with Gasteiger partial charge in [-0.2, -0.15) is 0 Å². The molecule has 0 unspecified atom stereocenters. The molecule has 1 saturated heterocycles. The zero-order valence-corrected chi connectivity index (χ0v) is 16.5. The summed E-state index contributed by atoms with van der Waals surface area (Å²) in [7, 11) is 0. The van der Waals surface area contributed by atoms with Crippen LogP contribution in [-0.2, 0) is 11.8 Å². The summed E-state index contributed by atoms with van der Waals surface area (Å²) in [5.41, 5.74) is 2.84. The first-order valence-electron chi connectivity index (χ1n) is 10.1. The number of benzene rings is 2. The molecule has 0 aliphatic carbocycles. The van der Waals surface area contributed by atoms with Crippen LogP contribution < -0.4 is 0 Å². The number of rotatable bonds is 6. The lowest BCUT2D eigenvalue weighted by molar-refractivity contribution is 0.0505. The number of hydrogen-bond donors (Lipinski definition) is 1. The van der Waals surface area contributed by atoms with E-state index >= 15 is 0 Å². The van der Waals surface area contributed by atoms with Gasteiger partial charge in [-0.15, -0.1) is 0 Å². The fourth-order valence-corrected chi connectivity index (χ4v) is 4.59. The van der Waals surface area contributed by atoms with Crippen molar-refractivity contribution in [3.8, 4) is 5.75 Å². The third kappa shape index (κ3) is 4.12. The maximum Gasteiger partial charge on any atom is 0.115 e. The van der Waals surface area contributed by atoms with Crippen molar-refractivity contribution < 1.29 is 5.11 Å². The number of hydrogen-bond acceptors (Lipinski definition) is 2. The molecule has 3 atom stereocenters. The minimum absolute atomic E-state index is 0.127. The predicted molar refractivity (Wildman–Crippen MR) is 110 cm³/mol. The van der Waals surface area contributed by atoms with Gasteiger partial charge in [-0.25, -0.2) is 0 Å². The summed E-state index contributed by atoms with van der Waals surface area (Å²) in [4.78, 5) is 2.71. The second kappa shape index (κ2) is 8.26. The van der Waals surface area contributed by atoms with Crippen molar-refractivity contribution in [3.05, 3.63) is 65.7 Å². The zero-order chi connectivity index (χ0) is 18.6. The standard InChI is InChI=1S/C24H33NO/c1-4-9-22-17-24(3,21-12-8-13-23(26)16-21)19(2)18-25(22)15-14-20-10-6-5-7-11-20/h5-8,10-13,16,19,22,26H,4,9,14-15,17-18H2,1-3H3/t19-,22+,24+/m0/s1. The van der Waals surface area contributed by atoms with Crippen LogP contribution in [0, 0.1) is 5.92 Å². The smallest absolute Gasteiger partial charge is 0.115 e. The summed E-state index contributed by atoms with van der Waals surface area (Å²) in [5.74, 6) is 0.947. The first-order valence-corrected chi connectivity index (χ1v) is 10.1. The largest absolute Gasteiger partial charge is 0.508 e. The fourth-order valence-electron chi connectivity index (χ4n) is 4.59. The Balaban J connectivity index is 1.76. The third-order valence-corrected chi connectivity index (χ3v) is 6.43. The number of phenols is 1. The number of piperidine rings is 1. The van der Waals surface area contributed by atoms with Gasteiger partial charge in [0.05, 0.1) is 0 Å². The SMILES string of the molecule is CCC[C@@H]1C[C@@](C)(c2cccc(O)c2)[C@@H](C)CN1CCc1ccccc1. The van der Waals surface area contributed by atoms with Crippen LogP contribution in [0.2, 0.25) is 0 Å². The topological polar surface area (TPSA) is 23.5 Å². The maximum atomic E-state index is 9.97. The first kappa shape index (κ1) is 19.0. The summed E-state index contributed by atoms with van der Waals surface area (Å²) in [6, 6.07) is 19.4. The van der Waals surface area contributed by atoms with E-state index in [1.54, 1.807) is 6.07 Å². The Morgan fingerprint density at radius 2 is 1.88 bits per heavy atom. The van der Waals surface area contributed by atoms with Crippen molar-refractivity contribution in [1.82, 2.24) is 4.90 Å². The van der Waals surface area contributed by atoms with Gasteiger partial charge in [0, 0.05) is 19.1 Å². The van der Waals surface area contributed by atoms with E-state index in [9.17, 15) is 5.11 Å². The molecule has 1 aliphatic rings. The van der Waals surface area contributed by atoms with E-state index < -0.39 is 0 Å². The van der Waals surface area contributed by atoms with Crippen LogP contribution in [0.15, 0.2) is 54.6 Å². The summed E-state index contributed by atoms with van der Waals surface area (Å²) >= 11 is 0. The normalized spacial score (nSPS) is 26.7. The van der Waals surface area contributed by atoms with Crippen LogP contribution in [0.1, 0.15) is 51.2 Å². The molecule has 2 heteroatoms. The van der Waals surface area contributed by atoms with Gasteiger partial charge < -0.3 is 5.11 Å². The highest BCUT2D eigenvalue weighted by Crippen LogP contribution is 2.43. The molecule has 1 N–H and O–H groups in total. The van der Waals surface area contributed by atoms with Crippen LogP contribution in [0.4, 0.5) is 0 Å². The zero-order valence-electron chi connectivity index (χ0n) is 16.5. The third-order valence-electron chi connectivity index (χ3n) is 6.43. The fraction of sp³-hybridized carbons (Fsp3) is 0.500. The molecule has 140 valence electrons. The van der Waals surface area contributed by atoms with E-state index in [1.165, 1.54) is 30.4 Å². The van der Waals surface area contributed by atoms with E-state index in [0.717, 1.165) is 19.5 Å². The molecular formula is C24H33NO. The molecular weight excluding hydrogens is 318 g/mol. The molecule has 3 rings (SSSR count). The molecule has 0 bridgehead atoms. The molecule has 0 radical (unpaired) electrons. The second-order valence-electron chi connectivity index (χ2n) is 8.25. The molecule has 1 aliphatic heterocycles. The lowest BCUT2D eigenvalue weighted by Gasteiger charge is -2.50. The van der Waals surface area contributed by atoms with Gasteiger partial charge >= 0.3 is 0 Å². The first-order chi connectivity index (χ1) is 12.5. The van der Waals surface area contributed by atoms with E-state index in [4.69, 9.17) is 0 Å². The van der Waals surface area contributed by atoms with Crippen molar-refractivity contribution in [3.63, 3.8) is 0 Å². The van der Waals surface area contributed by atoms with Gasteiger partial charge in [-0.05, 0) is 53.9 Å². The Morgan fingerprint density at radius 1 is 1.12 bits per heavy atom. The lowest BCUT2D eigenvalue weighted by atomic mass is 9.65. The Bertz CT molecular complexity index is 698. The quantitative estimate of drug-likeness (QED) is 0.753. The Hall–Kier alpha value is -1.80. The molecule has 0 aromatic heterocycles. The highest BCUT2D eigenvalue weighted by Gasteiger charge is 2.42. The molecule has 2 nitrogen and oxygen atoms in total. The van der Waals surface area contributed by atoms with Crippen molar-refractivity contribution in [2.45, 2.75) is 57.9 Å². The summed E-state index contributed by atoms with van der Waals surface area (Å²) in [5, 5.41) is 9.97. The molecule has 1 fully saturated rings. The number of likely N-dealkylation sites (tertiary alicyclic amines) is 1. The highest BCUT2D eigenvalue weighted by atomic mass is 16.3. The van der Waals surface area contributed by atoms with Crippen molar-refractivity contribution in [2.75, 3.05) is 13.1 Å². The van der Waals surface area contributed by atoms with Gasteiger partial charge in [0.25, 0.3) is 0 Å². The van der Waals surface area contributed by atoms with Gasteiger partial charge in [-0.1, -0.05) is 69.7 Å². The minimum Gasteiger partial charge on any atom is -0.508 e. The number of phenolic OH excluding ortho intramolecular Hbond substituents is 1. The number of aromatic hydroxyl groups is 1. The lowest BCUT2D eigenvalue weighted by Crippen LogP contribution is -2.53. The number of nitrogens with zero attached hydrogens (tertiary/aromatic N) is 1. The van der Waals surface area contributed by atoms with Crippen LogP contribution in [0.3, 0.4) is 0 Å². The van der Waals surface area contributed by atoms with Crippen LogP contribution >= 0.6 is 0 Å². The summed E-state index contributed by atoms with van der Waals surface area (Å²) < 4.78 is 0. The maximum absolute atomic E-state index is 9.97. The van der Waals surface area contributed by atoms with Crippen LogP contribution in [-0.4, -0.2) is 29.1 Å². The van der Waals surface area contributed by atoms with Gasteiger partial charge in [-0.3, -0.25) is 4.90 Å². The average molecular weight is 352 g/mol. The highest BCUT2D eigenvalue weighted by molar-refractivity contribution is 5.34. The van der Waals surface area contributed by atoms with Gasteiger partial charge in [0.15, 0.2) is 0 Å². The second-order valence-corrected chi connectivity index (χ2v) is 8.25. The molecule has 2 aromatic carbocycles. The molecule has 2 aromatic rings. The van der Waals surface area contributed by atoms with E-state index in [2.05, 4.69) is 62.1 Å². The summed E-state index contributed by atoms with van der Waals surface area (Å²) in [6.45, 7) is 9.32. The Labute approximate surface area is 158 Å². The van der Waals surface area contributed by atoms with Crippen LogP contribution in [0.25, 0.3) is 0 Å². The van der Waals surface area contributed by atoms with E-state index in [-0.39, 0.29) is 5.41 Å². The van der Waals surface area contributed by atoms with E-state index in [1.807, 2.05) is 12.1 Å². The van der Waals surface area contributed by atoms with Gasteiger partial charge in [0.2, 0.25) is 0 Å². The van der Waals surface area contributed by atoms with E-state index in [0.29, 0.717) is 17.7 Å². The van der Waals surface area contributed by atoms with Crippen molar-refractivity contribution >= 4 is 0 Å². The molecule has 0 spiro atoms. The van der Waals surface area contributed by atoms with Crippen LogP contribution in [0.5, 0.6) is 5.75 Å². The molecule has 0 saturated carbocycles. The summed E-state index contributed by atoms with van der Waals surface area (Å²) in [6.07, 6.45) is 4.75. The monoisotopic (exact) mass is 351 g/mol. The van der Waals surface area contributed by atoms with Crippen molar-refractivity contribution in [2.24, 2.45) is 5.92 Å². The Kier molecular flexibility index (Phi) is 6.03. The molecule has 26 heavy (non-hydrogen) atoms. The Morgan fingerprint density at radius 3 is 2.58 bits per heavy atom. The minimum atomic E-state index is 0.127. The average Bonchev–Trinajstić information content (AvgIpc) is 2.64.